The number of nitrogens with zero attached hydrogens (tertiary/aromatic N) is 1. The Labute approximate surface area is 146 Å². The molecule has 2 aromatic rings. The summed E-state index contributed by atoms with van der Waals surface area (Å²) in [5, 5.41) is 9.04. The number of aliphatic carboxylic acids is 1. The second-order valence-electron chi connectivity index (χ2n) is 5.85. The van der Waals surface area contributed by atoms with Crippen molar-refractivity contribution in [3.8, 4) is 5.75 Å². The lowest BCUT2D eigenvalue weighted by Crippen LogP contribution is -2.35. The lowest BCUT2D eigenvalue weighted by Gasteiger charge is -2.30. The van der Waals surface area contributed by atoms with Gasteiger partial charge in [0.2, 0.25) is 0 Å². The topological polar surface area (TPSA) is 83.9 Å². The van der Waals surface area contributed by atoms with E-state index in [2.05, 4.69) is 0 Å². The van der Waals surface area contributed by atoms with Crippen molar-refractivity contribution in [2.75, 3.05) is 18.0 Å². The molecule has 1 heterocycles. The van der Waals surface area contributed by atoms with Crippen LogP contribution in [0.3, 0.4) is 0 Å². The average molecular weight is 361 g/mol. The smallest absolute Gasteiger partial charge is 0.307 e. The van der Waals surface area contributed by atoms with E-state index < -0.39 is 16.0 Å². The Morgan fingerprint density at radius 1 is 1.24 bits per heavy atom. The van der Waals surface area contributed by atoms with Crippen LogP contribution in [0.4, 0.5) is 5.69 Å². The fourth-order valence-corrected chi connectivity index (χ4v) is 4.68. The van der Waals surface area contributed by atoms with Gasteiger partial charge in [0.05, 0.1) is 24.1 Å². The highest BCUT2D eigenvalue weighted by Crippen LogP contribution is 2.33. The molecule has 0 amide bonds. The molecular weight excluding hydrogens is 342 g/mol. The van der Waals surface area contributed by atoms with E-state index >= 15 is 0 Å². The van der Waals surface area contributed by atoms with Crippen molar-refractivity contribution in [2.45, 2.75) is 24.2 Å². The Morgan fingerprint density at radius 2 is 2.00 bits per heavy atom. The number of benzene rings is 2. The molecule has 0 unspecified atom stereocenters. The van der Waals surface area contributed by atoms with Crippen molar-refractivity contribution in [3.63, 3.8) is 0 Å². The molecule has 1 aliphatic heterocycles. The Balaban J connectivity index is 2.05. The summed E-state index contributed by atoms with van der Waals surface area (Å²) in [6, 6.07) is 11.8. The van der Waals surface area contributed by atoms with Crippen molar-refractivity contribution in [1.82, 2.24) is 0 Å². The van der Waals surface area contributed by atoms with E-state index in [0.29, 0.717) is 23.5 Å². The molecule has 0 bridgehead atoms. The van der Waals surface area contributed by atoms with Gasteiger partial charge in [0.25, 0.3) is 10.0 Å². The number of hydrogen-bond donors (Lipinski definition) is 1. The number of carboxylic acid groups (broad SMARTS) is 1. The van der Waals surface area contributed by atoms with Gasteiger partial charge in [-0.2, -0.15) is 0 Å². The third-order valence-electron chi connectivity index (χ3n) is 4.25. The summed E-state index contributed by atoms with van der Waals surface area (Å²) >= 11 is 0. The first-order valence-electron chi connectivity index (χ1n) is 7.93. The van der Waals surface area contributed by atoms with Gasteiger partial charge in [0.15, 0.2) is 0 Å². The lowest BCUT2D eigenvalue weighted by atomic mass is 10.0. The van der Waals surface area contributed by atoms with Gasteiger partial charge in [-0.25, -0.2) is 8.42 Å². The predicted molar refractivity (Wildman–Crippen MR) is 93.6 cm³/mol. The van der Waals surface area contributed by atoms with Gasteiger partial charge in [-0.05, 0) is 42.7 Å². The number of sulfonamides is 1. The minimum Gasteiger partial charge on any atom is -0.496 e. The fraction of sp³-hybridized carbons (Fsp3) is 0.278. The number of para-hydroxylation sites is 1. The quantitative estimate of drug-likeness (QED) is 0.884. The highest BCUT2D eigenvalue weighted by molar-refractivity contribution is 7.92. The maximum absolute atomic E-state index is 13.1. The highest BCUT2D eigenvalue weighted by atomic mass is 32.2. The van der Waals surface area contributed by atoms with E-state index in [1.54, 1.807) is 6.07 Å². The Kier molecular flexibility index (Phi) is 4.67. The van der Waals surface area contributed by atoms with Crippen molar-refractivity contribution in [2.24, 2.45) is 0 Å². The number of carbonyl (C=O) groups is 1. The molecule has 0 atom stereocenters. The minimum atomic E-state index is -3.77. The third-order valence-corrected chi connectivity index (χ3v) is 6.06. The van der Waals surface area contributed by atoms with Gasteiger partial charge in [-0.15, -0.1) is 0 Å². The van der Waals surface area contributed by atoms with E-state index in [1.165, 1.54) is 29.6 Å². The van der Waals surface area contributed by atoms with Crippen LogP contribution in [-0.4, -0.2) is 33.1 Å². The molecule has 0 radical (unpaired) electrons. The van der Waals surface area contributed by atoms with Crippen molar-refractivity contribution >= 4 is 21.7 Å². The molecular formula is C18H19NO5S. The van der Waals surface area contributed by atoms with E-state index in [-0.39, 0.29) is 11.3 Å². The van der Waals surface area contributed by atoms with Crippen LogP contribution in [0.1, 0.15) is 17.5 Å². The largest absolute Gasteiger partial charge is 0.496 e. The fourth-order valence-electron chi connectivity index (χ4n) is 3.09. The number of methoxy groups -OCH3 is 1. The molecule has 6 nitrogen and oxygen atoms in total. The minimum absolute atomic E-state index is 0.0706. The summed E-state index contributed by atoms with van der Waals surface area (Å²) < 4.78 is 32.8. The molecule has 0 spiro atoms. The zero-order valence-corrected chi connectivity index (χ0v) is 14.6. The van der Waals surface area contributed by atoms with Gasteiger partial charge in [-0.1, -0.05) is 18.2 Å². The van der Waals surface area contributed by atoms with Gasteiger partial charge in [0.1, 0.15) is 5.75 Å². The summed E-state index contributed by atoms with van der Waals surface area (Å²) in [7, 11) is -2.35. The van der Waals surface area contributed by atoms with Crippen LogP contribution in [0.15, 0.2) is 47.4 Å². The van der Waals surface area contributed by atoms with Gasteiger partial charge in [-0.3, -0.25) is 9.10 Å². The summed E-state index contributed by atoms with van der Waals surface area (Å²) in [4.78, 5) is 11.1. The molecule has 7 heteroatoms. The van der Waals surface area contributed by atoms with Gasteiger partial charge in [0, 0.05) is 12.1 Å². The van der Waals surface area contributed by atoms with E-state index in [9.17, 15) is 13.2 Å². The van der Waals surface area contributed by atoms with Crippen LogP contribution in [-0.2, 0) is 27.7 Å². The van der Waals surface area contributed by atoms with Crippen molar-refractivity contribution in [3.05, 3.63) is 53.6 Å². The monoisotopic (exact) mass is 361 g/mol. The summed E-state index contributed by atoms with van der Waals surface area (Å²) in [5.74, 6) is -0.684. The van der Waals surface area contributed by atoms with Crippen LogP contribution in [0.2, 0.25) is 0 Å². The number of hydrogen-bond acceptors (Lipinski definition) is 4. The number of carboxylic acids is 1. The first kappa shape index (κ1) is 17.3. The van der Waals surface area contributed by atoms with E-state index in [0.717, 1.165) is 18.4 Å². The van der Waals surface area contributed by atoms with Crippen molar-refractivity contribution in [1.29, 1.82) is 0 Å². The van der Waals surface area contributed by atoms with E-state index in [1.807, 2.05) is 18.2 Å². The molecule has 1 N–H and O–H groups in total. The molecule has 132 valence electrons. The second kappa shape index (κ2) is 6.76. The molecule has 0 aromatic heterocycles. The number of aryl methyl sites for hydroxylation is 1. The average Bonchev–Trinajstić information content (AvgIpc) is 2.60. The zero-order valence-electron chi connectivity index (χ0n) is 13.8. The zero-order chi connectivity index (χ0) is 18.0. The van der Waals surface area contributed by atoms with Crippen LogP contribution >= 0.6 is 0 Å². The molecule has 1 aliphatic rings. The summed E-state index contributed by atoms with van der Waals surface area (Å²) in [6.45, 7) is 0.402. The van der Waals surface area contributed by atoms with Gasteiger partial charge >= 0.3 is 5.97 Å². The molecule has 0 fully saturated rings. The molecule has 0 saturated carbocycles. The Hall–Kier alpha value is -2.54. The number of rotatable bonds is 5. The summed E-state index contributed by atoms with van der Waals surface area (Å²) in [5.41, 5.74) is 2.02. The van der Waals surface area contributed by atoms with Crippen LogP contribution in [0.5, 0.6) is 5.75 Å². The van der Waals surface area contributed by atoms with E-state index in [4.69, 9.17) is 9.84 Å². The number of fused-ring (bicyclic) bond motifs is 1. The normalized spacial score (nSPS) is 14.0. The van der Waals surface area contributed by atoms with Crippen LogP contribution < -0.4 is 9.04 Å². The first-order chi connectivity index (χ1) is 11.9. The maximum Gasteiger partial charge on any atom is 0.307 e. The maximum atomic E-state index is 13.1. The molecule has 3 rings (SSSR count). The van der Waals surface area contributed by atoms with Crippen LogP contribution in [0.25, 0.3) is 0 Å². The molecule has 25 heavy (non-hydrogen) atoms. The standard InChI is InChI=1S/C18H19NO5S/c1-24-17-9-8-15(11-14(17)12-18(20)21)25(22,23)19-10-4-6-13-5-2-3-7-16(13)19/h2-3,5,7-9,11H,4,6,10,12H2,1H3,(H,20,21). The third kappa shape index (κ3) is 3.32. The van der Waals surface area contributed by atoms with Crippen molar-refractivity contribution < 1.29 is 23.1 Å². The highest BCUT2D eigenvalue weighted by Gasteiger charge is 2.29. The second-order valence-corrected chi connectivity index (χ2v) is 7.72. The summed E-state index contributed by atoms with van der Waals surface area (Å²) in [6.07, 6.45) is 1.28. The lowest BCUT2D eigenvalue weighted by molar-refractivity contribution is -0.136. The molecule has 2 aromatic carbocycles. The first-order valence-corrected chi connectivity index (χ1v) is 9.37. The predicted octanol–water partition coefficient (Wildman–Crippen LogP) is 2.46. The number of anilines is 1. The molecule has 0 aliphatic carbocycles. The SMILES string of the molecule is COc1ccc(S(=O)(=O)N2CCCc3ccccc32)cc1CC(=O)O. The van der Waals surface area contributed by atoms with Gasteiger partial charge < -0.3 is 9.84 Å². The van der Waals surface area contributed by atoms with Crippen LogP contribution in [0, 0.1) is 0 Å². The Morgan fingerprint density at radius 3 is 2.72 bits per heavy atom. The number of ether oxygens (including phenoxy) is 1. The Bertz CT molecular complexity index is 907. The molecule has 0 saturated heterocycles.